The normalized spacial score (nSPS) is 22.7. The van der Waals surface area contributed by atoms with Crippen molar-refractivity contribution in [2.24, 2.45) is 7.05 Å². The van der Waals surface area contributed by atoms with E-state index in [9.17, 15) is 4.79 Å². The van der Waals surface area contributed by atoms with Crippen LogP contribution < -0.4 is 5.73 Å². The fourth-order valence-corrected chi connectivity index (χ4v) is 4.03. The Labute approximate surface area is 149 Å². The van der Waals surface area contributed by atoms with Crippen LogP contribution in [0.5, 0.6) is 0 Å². The first-order chi connectivity index (χ1) is 12.6. The zero-order valence-corrected chi connectivity index (χ0v) is 14.4. The minimum atomic E-state index is -0.228. The lowest BCUT2D eigenvalue weighted by Crippen LogP contribution is -2.42. The number of rotatable bonds is 2. The number of nitrogens with two attached hydrogens (primary N) is 1. The lowest BCUT2D eigenvalue weighted by Gasteiger charge is -2.33. The van der Waals surface area contributed by atoms with Gasteiger partial charge in [0, 0.05) is 42.9 Å². The molecule has 3 aromatic heterocycles. The Hall–Kier alpha value is -3.10. The standard InChI is InChI=1S/C17H19N7O2/c1-22-8-10(6-19-22)12-7-20-24-15(18)5-13(21-16(12)24)11-3-2-4-23-14(11)9-26-17(23)25/h5-8,11,14H,2-4,9,18H2,1H3/t11-,14-/m1/s1. The smallest absolute Gasteiger partial charge is 0.410 e. The number of aromatic nitrogens is 5. The maximum atomic E-state index is 11.9. The number of piperidine rings is 1. The molecule has 1 amide bonds. The maximum Gasteiger partial charge on any atom is 0.410 e. The van der Waals surface area contributed by atoms with Gasteiger partial charge in [-0.25, -0.2) is 9.78 Å². The third-order valence-electron chi connectivity index (χ3n) is 5.31. The van der Waals surface area contributed by atoms with E-state index in [1.165, 1.54) is 0 Å². The van der Waals surface area contributed by atoms with Gasteiger partial charge in [0.25, 0.3) is 0 Å². The number of nitrogen functional groups attached to an aromatic ring is 1. The molecule has 0 unspecified atom stereocenters. The second-order valence-electron chi connectivity index (χ2n) is 6.89. The number of aryl methyl sites for hydroxylation is 1. The number of ether oxygens (including phenoxy) is 1. The Morgan fingerprint density at radius 2 is 2.19 bits per heavy atom. The lowest BCUT2D eigenvalue weighted by atomic mass is 9.87. The van der Waals surface area contributed by atoms with Crippen LogP contribution in [0.3, 0.4) is 0 Å². The number of carbonyl (C=O) groups is 1. The van der Waals surface area contributed by atoms with Gasteiger partial charge < -0.3 is 15.4 Å². The highest BCUT2D eigenvalue weighted by Gasteiger charge is 2.42. The summed E-state index contributed by atoms with van der Waals surface area (Å²) in [6, 6.07) is 1.89. The zero-order chi connectivity index (χ0) is 17.8. The van der Waals surface area contributed by atoms with Crippen molar-refractivity contribution in [3.05, 3.63) is 30.4 Å². The molecule has 2 aliphatic rings. The van der Waals surface area contributed by atoms with Gasteiger partial charge in [0.1, 0.15) is 12.4 Å². The number of hydrogen-bond acceptors (Lipinski definition) is 6. The van der Waals surface area contributed by atoms with E-state index < -0.39 is 0 Å². The van der Waals surface area contributed by atoms with E-state index in [4.69, 9.17) is 15.5 Å². The topological polar surface area (TPSA) is 104 Å². The molecule has 2 saturated heterocycles. The predicted octanol–water partition coefficient (Wildman–Crippen LogP) is 1.41. The summed E-state index contributed by atoms with van der Waals surface area (Å²) in [5.41, 5.74) is 9.67. The predicted molar refractivity (Wildman–Crippen MR) is 93.4 cm³/mol. The Balaban J connectivity index is 1.61. The van der Waals surface area contributed by atoms with Gasteiger partial charge in [-0.1, -0.05) is 0 Å². The zero-order valence-electron chi connectivity index (χ0n) is 14.4. The molecule has 9 heteroatoms. The number of amides is 1. The number of fused-ring (bicyclic) bond motifs is 2. The fraction of sp³-hybridized carbons (Fsp3) is 0.412. The van der Waals surface area contributed by atoms with Crippen LogP contribution in [0.2, 0.25) is 0 Å². The number of hydrogen-bond donors (Lipinski definition) is 1. The van der Waals surface area contributed by atoms with Crippen molar-refractivity contribution in [2.45, 2.75) is 24.8 Å². The van der Waals surface area contributed by atoms with E-state index in [-0.39, 0.29) is 18.1 Å². The van der Waals surface area contributed by atoms with Gasteiger partial charge in [0.15, 0.2) is 5.65 Å². The largest absolute Gasteiger partial charge is 0.447 e. The highest BCUT2D eigenvalue weighted by molar-refractivity contribution is 5.77. The van der Waals surface area contributed by atoms with E-state index in [2.05, 4.69) is 10.2 Å². The molecule has 2 fully saturated rings. The van der Waals surface area contributed by atoms with Gasteiger partial charge >= 0.3 is 6.09 Å². The first kappa shape index (κ1) is 15.2. The van der Waals surface area contributed by atoms with Gasteiger partial charge in [-0.15, -0.1) is 0 Å². The van der Waals surface area contributed by atoms with Gasteiger partial charge in [-0.2, -0.15) is 14.7 Å². The number of cyclic esters (lactones) is 1. The van der Waals surface area contributed by atoms with Crippen molar-refractivity contribution in [3.63, 3.8) is 0 Å². The van der Waals surface area contributed by atoms with Gasteiger partial charge in [0.05, 0.1) is 24.1 Å². The number of nitrogens with zero attached hydrogens (tertiary/aromatic N) is 6. The summed E-state index contributed by atoms with van der Waals surface area (Å²) < 4.78 is 8.63. The molecule has 2 aliphatic heterocycles. The molecule has 0 spiro atoms. The molecule has 0 bridgehead atoms. The second-order valence-corrected chi connectivity index (χ2v) is 6.89. The highest BCUT2D eigenvalue weighted by atomic mass is 16.6. The summed E-state index contributed by atoms with van der Waals surface area (Å²) in [5, 5.41) is 8.60. The fourth-order valence-electron chi connectivity index (χ4n) is 4.03. The average molecular weight is 353 g/mol. The Morgan fingerprint density at radius 3 is 3.00 bits per heavy atom. The summed E-state index contributed by atoms with van der Waals surface area (Å²) >= 11 is 0. The van der Waals surface area contributed by atoms with Gasteiger partial charge in [0.2, 0.25) is 0 Å². The van der Waals surface area contributed by atoms with Crippen molar-refractivity contribution in [1.82, 2.24) is 29.3 Å². The monoisotopic (exact) mass is 353 g/mol. The first-order valence-corrected chi connectivity index (χ1v) is 8.68. The summed E-state index contributed by atoms with van der Waals surface area (Å²) in [4.78, 5) is 18.6. The van der Waals surface area contributed by atoms with E-state index in [0.717, 1.165) is 36.2 Å². The molecule has 2 atom stereocenters. The lowest BCUT2D eigenvalue weighted by molar-refractivity contribution is 0.151. The SMILES string of the molecule is Cn1cc(-c2cnn3c(N)cc([C@H]4CCCN5C(=O)OC[C@H]45)nc23)cn1. The van der Waals surface area contributed by atoms with Crippen molar-refractivity contribution < 1.29 is 9.53 Å². The molecular weight excluding hydrogens is 334 g/mol. The average Bonchev–Trinajstić information content (AvgIpc) is 3.33. The first-order valence-electron chi connectivity index (χ1n) is 8.68. The summed E-state index contributed by atoms with van der Waals surface area (Å²) in [6.45, 7) is 1.15. The quantitative estimate of drug-likeness (QED) is 0.747. The van der Waals surface area contributed by atoms with Crippen LogP contribution in [0.25, 0.3) is 16.8 Å². The molecular formula is C17H19N7O2. The van der Waals surface area contributed by atoms with Crippen LogP contribution in [0.1, 0.15) is 24.5 Å². The van der Waals surface area contributed by atoms with Crippen molar-refractivity contribution in [3.8, 4) is 11.1 Å². The van der Waals surface area contributed by atoms with Crippen molar-refractivity contribution in [2.75, 3.05) is 18.9 Å². The minimum Gasteiger partial charge on any atom is -0.447 e. The molecule has 134 valence electrons. The molecule has 3 aromatic rings. The Morgan fingerprint density at radius 1 is 1.31 bits per heavy atom. The minimum absolute atomic E-state index is 0.0235. The molecule has 9 nitrogen and oxygen atoms in total. The molecule has 0 radical (unpaired) electrons. The summed E-state index contributed by atoms with van der Waals surface area (Å²) in [6.07, 6.45) is 7.12. The third kappa shape index (κ3) is 2.16. The van der Waals surface area contributed by atoms with Crippen LogP contribution >= 0.6 is 0 Å². The van der Waals surface area contributed by atoms with Gasteiger partial charge in [-0.05, 0) is 12.8 Å². The van der Waals surface area contributed by atoms with Crippen LogP contribution in [-0.4, -0.2) is 54.6 Å². The van der Waals surface area contributed by atoms with Crippen LogP contribution in [0.4, 0.5) is 10.6 Å². The van der Waals surface area contributed by atoms with E-state index >= 15 is 0 Å². The molecule has 0 saturated carbocycles. The second kappa shape index (κ2) is 5.45. The third-order valence-corrected chi connectivity index (χ3v) is 5.31. The van der Waals surface area contributed by atoms with Crippen molar-refractivity contribution in [1.29, 1.82) is 0 Å². The number of anilines is 1. The number of carbonyl (C=O) groups excluding carboxylic acids is 1. The highest BCUT2D eigenvalue weighted by Crippen LogP contribution is 2.36. The van der Waals surface area contributed by atoms with Crippen molar-refractivity contribution >= 4 is 17.6 Å². The molecule has 0 aliphatic carbocycles. The molecule has 26 heavy (non-hydrogen) atoms. The maximum absolute atomic E-state index is 11.9. The van der Waals surface area contributed by atoms with Crippen LogP contribution in [0, 0.1) is 0 Å². The van der Waals surface area contributed by atoms with Crippen LogP contribution in [0.15, 0.2) is 24.7 Å². The summed E-state index contributed by atoms with van der Waals surface area (Å²) in [5.74, 6) is 0.640. The molecule has 5 heterocycles. The van der Waals surface area contributed by atoms with Gasteiger partial charge in [-0.3, -0.25) is 4.68 Å². The van der Waals surface area contributed by atoms with E-state index in [1.54, 1.807) is 21.6 Å². The van der Waals surface area contributed by atoms with E-state index in [0.29, 0.717) is 18.1 Å². The Bertz CT molecular complexity index is 1010. The Kier molecular flexibility index (Phi) is 3.18. The van der Waals surface area contributed by atoms with Crippen LogP contribution in [-0.2, 0) is 11.8 Å². The molecule has 2 N–H and O–H groups in total. The molecule has 5 rings (SSSR count). The summed E-state index contributed by atoms with van der Waals surface area (Å²) in [7, 11) is 1.87. The molecule has 0 aromatic carbocycles. The van der Waals surface area contributed by atoms with E-state index in [1.807, 2.05) is 24.2 Å².